The number of para-hydroxylation sites is 1. The van der Waals surface area contributed by atoms with E-state index in [4.69, 9.17) is 21.4 Å². The molecule has 1 aromatic rings. The molecule has 2 amide bonds. The molecule has 7 nitrogen and oxygen atoms in total. The number of amides is 2. The van der Waals surface area contributed by atoms with Crippen LogP contribution >= 0.6 is 11.6 Å². The fourth-order valence-electron chi connectivity index (χ4n) is 2.34. The highest BCUT2D eigenvalue weighted by Crippen LogP contribution is 2.26. The van der Waals surface area contributed by atoms with Crippen LogP contribution in [0.3, 0.4) is 0 Å². The smallest absolute Gasteiger partial charge is 0.307 e. The summed E-state index contributed by atoms with van der Waals surface area (Å²) in [5, 5.41) is 9.51. The molecule has 1 aromatic carbocycles. The monoisotopic (exact) mass is 352 g/mol. The highest BCUT2D eigenvalue weighted by molar-refractivity contribution is 6.32. The van der Waals surface area contributed by atoms with Gasteiger partial charge in [0.05, 0.1) is 16.9 Å². The third-order valence-corrected chi connectivity index (χ3v) is 3.92. The van der Waals surface area contributed by atoms with Crippen LogP contribution in [0.15, 0.2) is 36.4 Å². The van der Waals surface area contributed by atoms with Crippen LogP contribution in [-0.2, 0) is 14.4 Å². The van der Waals surface area contributed by atoms with Crippen LogP contribution in [0.1, 0.15) is 12.8 Å². The predicted octanol–water partition coefficient (Wildman–Crippen LogP) is 1.53. The van der Waals surface area contributed by atoms with Crippen molar-refractivity contribution in [2.24, 2.45) is 11.8 Å². The summed E-state index contributed by atoms with van der Waals surface area (Å²) >= 11 is 5.89. The second-order valence-electron chi connectivity index (χ2n) is 5.25. The van der Waals surface area contributed by atoms with Crippen molar-refractivity contribution in [3.63, 3.8) is 0 Å². The Morgan fingerprint density at radius 1 is 1.12 bits per heavy atom. The minimum absolute atomic E-state index is 0.289. The van der Waals surface area contributed by atoms with E-state index >= 15 is 0 Å². The lowest BCUT2D eigenvalue weighted by molar-refractivity contribution is -0.147. The van der Waals surface area contributed by atoms with E-state index in [1.54, 1.807) is 36.4 Å². The standard InChI is InChI=1S/C16H17ClN2O5/c17-12-7-3-4-8-13(12)24-9-14(20)18-19-15(21)10-5-1-2-6-11(10)16(22)23/h1-4,7-8,10-11H,5-6,9H2,(H,18,20)(H,19,21)(H,22,23)/t10-,11+/m0/s1. The molecule has 1 aliphatic carbocycles. The number of carbonyl (C=O) groups excluding carboxylic acids is 2. The van der Waals surface area contributed by atoms with E-state index in [-0.39, 0.29) is 13.0 Å². The zero-order valence-corrected chi connectivity index (χ0v) is 13.5. The number of carbonyl (C=O) groups is 3. The molecular weight excluding hydrogens is 336 g/mol. The van der Waals surface area contributed by atoms with Gasteiger partial charge in [0.2, 0.25) is 5.91 Å². The average molecular weight is 353 g/mol. The maximum atomic E-state index is 12.1. The number of hydrogen-bond donors (Lipinski definition) is 3. The lowest BCUT2D eigenvalue weighted by Gasteiger charge is -2.24. The van der Waals surface area contributed by atoms with E-state index in [2.05, 4.69) is 10.9 Å². The van der Waals surface area contributed by atoms with Crippen molar-refractivity contribution < 1.29 is 24.2 Å². The molecular formula is C16H17ClN2O5. The summed E-state index contributed by atoms with van der Waals surface area (Å²) in [4.78, 5) is 34.9. The Balaban J connectivity index is 1.80. The van der Waals surface area contributed by atoms with E-state index in [9.17, 15) is 14.4 Å². The fourth-order valence-corrected chi connectivity index (χ4v) is 2.53. The van der Waals surface area contributed by atoms with Crippen LogP contribution in [0.2, 0.25) is 5.02 Å². The van der Waals surface area contributed by atoms with Gasteiger partial charge >= 0.3 is 5.97 Å². The Kier molecular flexibility index (Phi) is 6.20. The van der Waals surface area contributed by atoms with Gasteiger partial charge in [-0.2, -0.15) is 0 Å². The normalized spacial score (nSPS) is 19.4. The number of ether oxygens (including phenoxy) is 1. The quantitative estimate of drug-likeness (QED) is 0.550. The molecule has 0 unspecified atom stereocenters. The molecule has 0 radical (unpaired) electrons. The van der Waals surface area contributed by atoms with Crippen molar-refractivity contribution in [3.05, 3.63) is 41.4 Å². The molecule has 0 bridgehead atoms. The van der Waals surface area contributed by atoms with Gasteiger partial charge in [-0.15, -0.1) is 0 Å². The first-order chi connectivity index (χ1) is 11.5. The summed E-state index contributed by atoms with van der Waals surface area (Å²) < 4.78 is 5.24. The number of carboxylic acid groups (broad SMARTS) is 1. The average Bonchev–Trinajstić information content (AvgIpc) is 2.59. The number of halogens is 1. The summed E-state index contributed by atoms with van der Waals surface area (Å²) in [5.41, 5.74) is 4.44. The molecule has 0 saturated heterocycles. The van der Waals surface area contributed by atoms with E-state index in [0.717, 1.165) is 0 Å². The Hall–Kier alpha value is -2.54. The molecule has 0 heterocycles. The topological polar surface area (TPSA) is 105 Å². The van der Waals surface area contributed by atoms with Crippen LogP contribution in [0.4, 0.5) is 0 Å². The van der Waals surface area contributed by atoms with Crippen molar-refractivity contribution in [3.8, 4) is 5.75 Å². The van der Waals surface area contributed by atoms with Crippen LogP contribution < -0.4 is 15.6 Å². The number of benzene rings is 1. The van der Waals surface area contributed by atoms with E-state index < -0.39 is 29.6 Å². The maximum absolute atomic E-state index is 12.1. The summed E-state index contributed by atoms with van der Waals surface area (Å²) in [6.45, 7) is -0.336. The van der Waals surface area contributed by atoms with Gasteiger partial charge in [0.15, 0.2) is 6.61 Å². The van der Waals surface area contributed by atoms with E-state index in [1.807, 2.05) is 0 Å². The second kappa shape index (κ2) is 8.35. The highest BCUT2D eigenvalue weighted by atomic mass is 35.5. The van der Waals surface area contributed by atoms with Gasteiger partial charge in [-0.25, -0.2) is 0 Å². The largest absolute Gasteiger partial charge is 0.482 e. The van der Waals surface area contributed by atoms with Crippen LogP contribution in [0, 0.1) is 11.8 Å². The molecule has 0 spiro atoms. The Labute approximate surface area is 143 Å². The summed E-state index contributed by atoms with van der Waals surface area (Å²) in [5.74, 6) is -3.33. The van der Waals surface area contributed by atoms with Gasteiger partial charge in [0.1, 0.15) is 5.75 Å². The molecule has 1 aliphatic rings. The molecule has 0 fully saturated rings. The molecule has 0 saturated carbocycles. The molecule has 0 aromatic heterocycles. The third-order valence-electron chi connectivity index (χ3n) is 3.61. The first-order valence-corrected chi connectivity index (χ1v) is 7.70. The number of hydrogen-bond acceptors (Lipinski definition) is 4. The van der Waals surface area contributed by atoms with Crippen LogP contribution in [0.5, 0.6) is 5.75 Å². The van der Waals surface area contributed by atoms with E-state index in [1.165, 1.54) is 0 Å². The SMILES string of the molecule is O=C(COc1ccccc1Cl)NNC(=O)[C@H]1CC=CC[C@H]1C(=O)O. The number of rotatable bonds is 5. The molecule has 2 atom stereocenters. The van der Waals surface area contributed by atoms with Gasteiger partial charge < -0.3 is 9.84 Å². The van der Waals surface area contributed by atoms with Crippen molar-refractivity contribution >= 4 is 29.4 Å². The van der Waals surface area contributed by atoms with Gasteiger partial charge in [0.25, 0.3) is 5.91 Å². The Bertz CT molecular complexity index is 662. The lowest BCUT2D eigenvalue weighted by atomic mass is 9.82. The predicted molar refractivity (Wildman–Crippen MR) is 86.2 cm³/mol. The number of nitrogens with one attached hydrogen (secondary N) is 2. The molecule has 24 heavy (non-hydrogen) atoms. The van der Waals surface area contributed by atoms with Crippen molar-refractivity contribution in [1.29, 1.82) is 0 Å². The summed E-state index contributed by atoms with van der Waals surface area (Å²) in [6.07, 6.45) is 4.09. The number of carboxylic acids is 1. The van der Waals surface area contributed by atoms with Crippen molar-refractivity contribution in [2.45, 2.75) is 12.8 Å². The highest BCUT2D eigenvalue weighted by Gasteiger charge is 2.34. The lowest BCUT2D eigenvalue weighted by Crippen LogP contribution is -2.48. The van der Waals surface area contributed by atoms with Gasteiger partial charge in [-0.1, -0.05) is 35.9 Å². The Morgan fingerprint density at radius 3 is 2.46 bits per heavy atom. The van der Waals surface area contributed by atoms with Gasteiger partial charge in [-0.05, 0) is 25.0 Å². The van der Waals surface area contributed by atoms with Crippen molar-refractivity contribution in [2.75, 3.05) is 6.61 Å². The number of aliphatic carboxylic acids is 1. The summed E-state index contributed by atoms with van der Waals surface area (Å²) in [7, 11) is 0. The number of allylic oxidation sites excluding steroid dienone is 2. The fraction of sp³-hybridized carbons (Fsp3) is 0.312. The number of hydrazine groups is 1. The first-order valence-electron chi connectivity index (χ1n) is 7.33. The molecule has 8 heteroatoms. The first kappa shape index (κ1) is 17.8. The molecule has 128 valence electrons. The minimum atomic E-state index is -1.03. The maximum Gasteiger partial charge on any atom is 0.307 e. The van der Waals surface area contributed by atoms with Crippen molar-refractivity contribution in [1.82, 2.24) is 10.9 Å². The minimum Gasteiger partial charge on any atom is -0.482 e. The molecule has 2 rings (SSSR count). The Morgan fingerprint density at radius 2 is 1.79 bits per heavy atom. The third kappa shape index (κ3) is 4.73. The van der Waals surface area contributed by atoms with Gasteiger partial charge in [-0.3, -0.25) is 25.2 Å². The van der Waals surface area contributed by atoms with Gasteiger partial charge in [0, 0.05) is 0 Å². The summed E-state index contributed by atoms with van der Waals surface area (Å²) in [6, 6.07) is 6.68. The van der Waals surface area contributed by atoms with E-state index in [0.29, 0.717) is 17.2 Å². The van der Waals surface area contributed by atoms with Crippen LogP contribution in [0.25, 0.3) is 0 Å². The second-order valence-corrected chi connectivity index (χ2v) is 5.66. The van der Waals surface area contributed by atoms with Crippen LogP contribution in [-0.4, -0.2) is 29.5 Å². The zero-order chi connectivity index (χ0) is 17.5. The zero-order valence-electron chi connectivity index (χ0n) is 12.7. The molecule has 0 aliphatic heterocycles. The molecule has 3 N–H and O–H groups in total.